The number of nitrogens with zero attached hydrogens (tertiary/aromatic N) is 3. The lowest BCUT2D eigenvalue weighted by Crippen LogP contribution is -2.36. The molecule has 1 N–H and O–H groups in total. The van der Waals surface area contributed by atoms with Gasteiger partial charge in [-0.2, -0.15) is 0 Å². The van der Waals surface area contributed by atoms with Crippen LogP contribution in [-0.2, 0) is 4.79 Å². The molecule has 0 bridgehead atoms. The van der Waals surface area contributed by atoms with Crippen LogP contribution in [0.5, 0.6) is 0 Å². The van der Waals surface area contributed by atoms with Crippen LogP contribution in [0.25, 0.3) is 0 Å². The number of amides is 1. The van der Waals surface area contributed by atoms with Crippen LogP contribution >= 0.6 is 0 Å². The van der Waals surface area contributed by atoms with Gasteiger partial charge in [0.2, 0.25) is 5.91 Å². The van der Waals surface area contributed by atoms with Crippen molar-refractivity contribution < 1.29 is 9.72 Å². The van der Waals surface area contributed by atoms with E-state index < -0.39 is 4.92 Å². The van der Waals surface area contributed by atoms with Crippen LogP contribution < -0.4 is 5.32 Å². The molecule has 1 fully saturated rings. The fourth-order valence-corrected chi connectivity index (χ4v) is 2.31. The summed E-state index contributed by atoms with van der Waals surface area (Å²) in [5.41, 5.74) is 0.922. The standard InChI is InChI=1S/C14H20N4O3/c1-3-16(2)8-9-17-13(19)10-15-14(17)11-4-6-12(7-5-11)18(20)21/h4-7,14-15H,3,8-10H2,1-2H3. The Morgan fingerprint density at radius 3 is 2.67 bits per heavy atom. The van der Waals surface area contributed by atoms with Gasteiger partial charge in [-0.15, -0.1) is 0 Å². The molecule has 7 heteroatoms. The van der Waals surface area contributed by atoms with E-state index in [9.17, 15) is 14.9 Å². The maximum atomic E-state index is 12.0. The number of carbonyl (C=O) groups is 1. The molecule has 0 aromatic heterocycles. The molecule has 1 aromatic rings. The zero-order valence-corrected chi connectivity index (χ0v) is 12.3. The third-order valence-corrected chi connectivity index (χ3v) is 3.76. The third kappa shape index (κ3) is 3.56. The second-order valence-electron chi connectivity index (χ2n) is 5.12. The Labute approximate surface area is 123 Å². The van der Waals surface area contributed by atoms with Crippen LogP contribution in [0.15, 0.2) is 24.3 Å². The van der Waals surface area contributed by atoms with E-state index in [0.717, 1.165) is 18.7 Å². The molecule has 114 valence electrons. The number of carbonyl (C=O) groups excluding carboxylic acids is 1. The highest BCUT2D eigenvalue weighted by Crippen LogP contribution is 2.24. The summed E-state index contributed by atoms with van der Waals surface area (Å²) in [5.74, 6) is 0.0582. The first-order valence-electron chi connectivity index (χ1n) is 6.98. The van der Waals surface area contributed by atoms with Crippen molar-refractivity contribution in [2.24, 2.45) is 0 Å². The molecular weight excluding hydrogens is 272 g/mol. The number of rotatable bonds is 6. The van der Waals surface area contributed by atoms with Gasteiger partial charge in [-0.3, -0.25) is 20.2 Å². The number of nitrogens with one attached hydrogen (secondary N) is 1. The normalized spacial score (nSPS) is 18.5. The number of benzene rings is 1. The van der Waals surface area contributed by atoms with Crippen molar-refractivity contribution in [3.8, 4) is 0 Å². The third-order valence-electron chi connectivity index (χ3n) is 3.76. The molecule has 0 aliphatic carbocycles. The summed E-state index contributed by atoms with van der Waals surface area (Å²) in [6.45, 7) is 4.73. The molecule has 21 heavy (non-hydrogen) atoms. The number of hydrogen-bond acceptors (Lipinski definition) is 5. The Morgan fingerprint density at radius 2 is 2.10 bits per heavy atom. The molecule has 1 atom stereocenters. The number of non-ortho nitro benzene ring substituents is 1. The molecule has 2 rings (SSSR count). The zero-order chi connectivity index (χ0) is 15.4. The minimum atomic E-state index is -0.426. The van der Waals surface area contributed by atoms with Crippen molar-refractivity contribution in [3.05, 3.63) is 39.9 Å². The maximum Gasteiger partial charge on any atom is 0.269 e. The molecule has 0 spiro atoms. The molecule has 1 heterocycles. The Hall–Kier alpha value is -1.99. The fraction of sp³-hybridized carbons (Fsp3) is 0.500. The lowest BCUT2D eigenvalue weighted by molar-refractivity contribution is -0.384. The predicted octanol–water partition coefficient (Wildman–Crippen LogP) is 0.977. The summed E-state index contributed by atoms with van der Waals surface area (Å²) in [5, 5.41) is 13.8. The number of likely N-dealkylation sites (N-methyl/N-ethyl adjacent to an activating group) is 1. The molecular formula is C14H20N4O3. The lowest BCUT2D eigenvalue weighted by atomic mass is 10.1. The fourth-order valence-electron chi connectivity index (χ4n) is 2.31. The van der Waals surface area contributed by atoms with E-state index in [0.29, 0.717) is 13.1 Å². The topological polar surface area (TPSA) is 78.7 Å². The highest BCUT2D eigenvalue weighted by Gasteiger charge is 2.31. The van der Waals surface area contributed by atoms with Crippen LogP contribution in [0.2, 0.25) is 0 Å². The van der Waals surface area contributed by atoms with Gasteiger partial charge >= 0.3 is 0 Å². The van der Waals surface area contributed by atoms with Gasteiger partial charge in [0.1, 0.15) is 6.17 Å². The zero-order valence-electron chi connectivity index (χ0n) is 12.3. The van der Waals surface area contributed by atoms with E-state index in [4.69, 9.17) is 0 Å². The predicted molar refractivity (Wildman–Crippen MR) is 78.7 cm³/mol. The van der Waals surface area contributed by atoms with E-state index in [1.807, 2.05) is 7.05 Å². The van der Waals surface area contributed by atoms with Gasteiger partial charge in [0.05, 0.1) is 11.5 Å². The van der Waals surface area contributed by atoms with Gasteiger partial charge in [0.15, 0.2) is 0 Å². The summed E-state index contributed by atoms with van der Waals surface area (Å²) in [6.07, 6.45) is -0.205. The van der Waals surface area contributed by atoms with E-state index in [-0.39, 0.29) is 17.8 Å². The number of nitro groups is 1. The first kappa shape index (κ1) is 15.4. The smallest absolute Gasteiger partial charge is 0.269 e. The van der Waals surface area contributed by atoms with Gasteiger partial charge in [0.25, 0.3) is 5.69 Å². The number of hydrogen-bond donors (Lipinski definition) is 1. The van der Waals surface area contributed by atoms with E-state index >= 15 is 0 Å². The minimum absolute atomic E-state index is 0.0559. The van der Waals surface area contributed by atoms with E-state index in [1.165, 1.54) is 12.1 Å². The molecule has 1 unspecified atom stereocenters. The Morgan fingerprint density at radius 1 is 1.43 bits per heavy atom. The summed E-state index contributed by atoms with van der Waals surface area (Å²) < 4.78 is 0. The van der Waals surface area contributed by atoms with Gasteiger partial charge in [-0.05, 0) is 31.3 Å². The average molecular weight is 292 g/mol. The summed E-state index contributed by atoms with van der Waals surface area (Å²) in [7, 11) is 2.01. The van der Waals surface area contributed by atoms with E-state index in [1.54, 1.807) is 17.0 Å². The van der Waals surface area contributed by atoms with Gasteiger partial charge < -0.3 is 9.80 Å². The number of nitro benzene ring substituents is 1. The lowest BCUT2D eigenvalue weighted by Gasteiger charge is -2.26. The largest absolute Gasteiger partial charge is 0.321 e. The molecule has 7 nitrogen and oxygen atoms in total. The Balaban J connectivity index is 2.09. The Bertz CT molecular complexity index is 517. The van der Waals surface area contributed by atoms with Crippen molar-refractivity contribution in [2.75, 3.05) is 33.2 Å². The maximum absolute atomic E-state index is 12.0. The first-order valence-corrected chi connectivity index (χ1v) is 6.98. The van der Waals surface area contributed by atoms with Crippen LogP contribution in [0, 0.1) is 10.1 Å². The molecule has 1 amide bonds. The minimum Gasteiger partial charge on any atom is -0.321 e. The van der Waals surface area contributed by atoms with Crippen LogP contribution in [-0.4, -0.2) is 53.9 Å². The van der Waals surface area contributed by atoms with Crippen molar-refractivity contribution in [2.45, 2.75) is 13.1 Å². The molecule has 0 radical (unpaired) electrons. The van der Waals surface area contributed by atoms with Crippen LogP contribution in [0.3, 0.4) is 0 Å². The monoisotopic (exact) mass is 292 g/mol. The highest BCUT2D eigenvalue weighted by molar-refractivity contribution is 5.81. The Kier molecular flexibility index (Phi) is 4.87. The van der Waals surface area contributed by atoms with Crippen molar-refractivity contribution in [3.63, 3.8) is 0 Å². The molecule has 1 aliphatic heterocycles. The van der Waals surface area contributed by atoms with Gasteiger partial charge in [0, 0.05) is 25.2 Å². The molecule has 1 aliphatic rings. The van der Waals surface area contributed by atoms with Crippen LogP contribution in [0.1, 0.15) is 18.7 Å². The average Bonchev–Trinajstić information content (AvgIpc) is 2.85. The van der Waals surface area contributed by atoms with Gasteiger partial charge in [-0.25, -0.2) is 0 Å². The first-order chi connectivity index (χ1) is 10.0. The molecule has 0 saturated carbocycles. The SMILES string of the molecule is CCN(C)CCN1C(=O)CNC1c1ccc([N+](=O)[O-])cc1. The summed E-state index contributed by atoms with van der Waals surface area (Å²) in [6, 6.07) is 6.34. The molecule has 1 saturated heterocycles. The molecule has 1 aromatic carbocycles. The van der Waals surface area contributed by atoms with Crippen molar-refractivity contribution in [1.82, 2.24) is 15.1 Å². The van der Waals surface area contributed by atoms with Gasteiger partial charge in [-0.1, -0.05) is 6.92 Å². The van der Waals surface area contributed by atoms with Crippen molar-refractivity contribution in [1.29, 1.82) is 0 Å². The van der Waals surface area contributed by atoms with E-state index in [2.05, 4.69) is 17.1 Å². The van der Waals surface area contributed by atoms with Crippen LogP contribution in [0.4, 0.5) is 5.69 Å². The second-order valence-corrected chi connectivity index (χ2v) is 5.12. The van der Waals surface area contributed by atoms with Crippen molar-refractivity contribution >= 4 is 11.6 Å². The summed E-state index contributed by atoms with van der Waals surface area (Å²) >= 11 is 0. The quantitative estimate of drug-likeness (QED) is 0.624. The second kappa shape index (κ2) is 6.64. The highest BCUT2D eigenvalue weighted by atomic mass is 16.6. The summed E-state index contributed by atoms with van der Waals surface area (Å²) in [4.78, 5) is 26.1.